The van der Waals surface area contributed by atoms with Crippen LogP contribution < -0.4 is 15.4 Å². The largest absolute Gasteiger partial charge is 0.497 e. The van der Waals surface area contributed by atoms with Crippen molar-refractivity contribution in [3.8, 4) is 5.75 Å². The minimum atomic E-state index is -0.599. The first-order valence-electron chi connectivity index (χ1n) is 13.9. The van der Waals surface area contributed by atoms with Crippen molar-refractivity contribution in [2.75, 3.05) is 31.7 Å². The van der Waals surface area contributed by atoms with Crippen molar-refractivity contribution in [3.63, 3.8) is 0 Å². The van der Waals surface area contributed by atoms with Gasteiger partial charge in [0.25, 0.3) is 0 Å². The lowest BCUT2D eigenvalue weighted by Gasteiger charge is -2.33. The molecular weight excluding hydrogens is 502 g/mol. The summed E-state index contributed by atoms with van der Waals surface area (Å²) < 4.78 is 10.7. The van der Waals surface area contributed by atoms with Crippen molar-refractivity contribution in [2.45, 2.75) is 83.9 Å². The molecule has 0 aromatic heterocycles. The number of ether oxygens (including phenoxy) is 2. The molecule has 1 atom stereocenters. The monoisotopic (exact) mass is 547 g/mol. The smallest absolute Gasteiger partial charge is 0.410 e. The van der Waals surface area contributed by atoms with Gasteiger partial charge in [0.2, 0.25) is 11.8 Å². The highest BCUT2D eigenvalue weighted by Crippen LogP contribution is 2.27. The third-order valence-electron chi connectivity index (χ3n) is 7.14. The second-order valence-corrected chi connectivity index (χ2v) is 12.5. The van der Waals surface area contributed by atoms with E-state index in [1.807, 2.05) is 45.0 Å². The lowest BCUT2D eigenvalue weighted by molar-refractivity contribution is -0.131. The summed E-state index contributed by atoms with van der Waals surface area (Å²) in [5.41, 5.74) is 0.418. The second-order valence-electron chi connectivity index (χ2n) is 11.4. The van der Waals surface area contributed by atoms with Crippen molar-refractivity contribution in [1.29, 1.82) is 0 Å². The highest BCUT2D eigenvalue weighted by molar-refractivity contribution is 7.99. The standard InChI is InChI=1S/C29H45N3O5S/c1-29(2,3)37-28(35)32-16-14-23(15-17-32)26(33)31-25(20-38-19-22-8-6-5-7-9-22)27(34)30-18-21-10-12-24(36-4)13-11-21/h10-13,22-23,25H,5-9,14-20H2,1-4H3,(H,30,34)(H,31,33). The molecule has 1 saturated heterocycles. The molecule has 1 unspecified atom stereocenters. The number of nitrogens with zero attached hydrogens (tertiary/aromatic N) is 1. The Balaban J connectivity index is 1.53. The maximum Gasteiger partial charge on any atom is 0.410 e. The lowest BCUT2D eigenvalue weighted by Crippen LogP contribution is -2.51. The van der Waals surface area contributed by atoms with Crippen LogP contribution in [0.1, 0.15) is 71.3 Å². The Morgan fingerprint density at radius 1 is 1.03 bits per heavy atom. The van der Waals surface area contributed by atoms with Gasteiger partial charge in [-0.15, -0.1) is 0 Å². The van der Waals surface area contributed by atoms with Crippen LogP contribution >= 0.6 is 11.8 Å². The zero-order valence-electron chi connectivity index (χ0n) is 23.4. The molecule has 0 bridgehead atoms. The molecule has 2 aliphatic rings. The van der Waals surface area contributed by atoms with Crippen LogP contribution in [0.25, 0.3) is 0 Å². The van der Waals surface area contributed by atoms with Crippen LogP contribution in [-0.4, -0.2) is 66.2 Å². The van der Waals surface area contributed by atoms with Gasteiger partial charge < -0.3 is 25.0 Å². The summed E-state index contributed by atoms with van der Waals surface area (Å²) in [4.78, 5) is 40.4. The zero-order chi connectivity index (χ0) is 27.5. The molecule has 38 heavy (non-hydrogen) atoms. The molecule has 9 heteroatoms. The van der Waals surface area contributed by atoms with Gasteiger partial charge in [-0.25, -0.2) is 4.79 Å². The summed E-state index contributed by atoms with van der Waals surface area (Å²) in [5.74, 6) is 2.52. The van der Waals surface area contributed by atoms with E-state index in [1.54, 1.807) is 23.8 Å². The Morgan fingerprint density at radius 2 is 1.68 bits per heavy atom. The molecule has 1 aliphatic heterocycles. The van der Waals surface area contributed by atoms with E-state index < -0.39 is 11.6 Å². The number of piperidine rings is 1. The number of benzene rings is 1. The van der Waals surface area contributed by atoms with E-state index in [1.165, 1.54) is 32.1 Å². The predicted molar refractivity (Wildman–Crippen MR) is 151 cm³/mol. The maximum atomic E-state index is 13.2. The molecule has 2 fully saturated rings. The number of methoxy groups -OCH3 is 1. The summed E-state index contributed by atoms with van der Waals surface area (Å²) in [7, 11) is 1.62. The van der Waals surface area contributed by atoms with Gasteiger partial charge in [0.15, 0.2) is 0 Å². The minimum Gasteiger partial charge on any atom is -0.497 e. The molecule has 3 rings (SSSR count). The number of thioether (sulfide) groups is 1. The SMILES string of the molecule is COc1ccc(CNC(=O)C(CSCC2CCCCC2)NC(=O)C2CCN(C(=O)OC(C)(C)C)CC2)cc1. The van der Waals surface area contributed by atoms with Gasteiger partial charge in [-0.1, -0.05) is 31.4 Å². The van der Waals surface area contributed by atoms with Gasteiger partial charge in [-0.2, -0.15) is 11.8 Å². The molecular formula is C29H45N3O5S. The Bertz CT molecular complexity index is 904. The molecule has 1 aromatic carbocycles. The Hall–Kier alpha value is -2.42. The van der Waals surface area contributed by atoms with Crippen molar-refractivity contribution >= 4 is 29.7 Å². The summed E-state index contributed by atoms with van der Waals surface area (Å²) in [6.07, 6.45) is 7.17. The van der Waals surface area contributed by atoms with E-state index in [2.05, 4.69) is 10.6 Å². The van der Waals surface area contributed by atoms with E-state index in [-0.39, 0.29) is 23.8 Å². The summed E-state index contributed by atoms with van der Waals surface area (Å²) >= 11 is 1.76. The van der Waals surface area contributed by atoms with Gasteiger partial charge >= 0.3 is 6.09 Å². The molecule has 0 spiro atoms. The number of rotatable bonds is 10. The molecule has 2 N–H and O–H groups in total. The quantitative estimate of drug-likeness (QED) is 0.439. The Kier molecular flexibility index (Phi) is 11.6. The number of amides is 3. The number of hydrogen-bond donors (Lipinski definition) is 2. The zero-order valence-corrected chi connectivity index (χ0v) is 24.2. The predicted octanol–water partition coefficient (Wildman–Crippen LogP) is 4.76. The molecule has 0 radical (unpaired) electrons. The van der Waals surface area contributed by atoms with Crippen LogP contribution in [0.3, 0.4) is 0 Å². The van der Waals surface area contributed by atoms with Crippen LogP contribution in [0.4, 0.5) is 4.79 Å². The van der Waals surface area contributed by atoms with E-state index in [0.717, 1.165) is 17.1 Å². The maximum absolute atomic E-state index is 13.2. The summed E-state index contributed by atoms with van der Waals surface area (Å²) in [6.45, 7) is 6.86. The molecule has 8 nitrogen and oxygen atoms in total. The van der Waals surface area contributed by atoms with Crippen molar-refractivity contribution < 1.29 is 23.9 Å². The molecule has 212 valence electrons. The van der Waals surface area contributed by atoms with E-state index >= 15 is 0 Å². The van der Waals surface area contributed by atoms with Crippen LogP contribution in [0, 0.1) is 11.8 Å². The van der Waals surface area contributed by atoms with Crippen molar-refractivity contribution in [2.24, 2.45) is 11.8 Å². The van der Waals surface area contributed by atoms with Crippen LogP contribution in [0.2, 0.25) is 0 Å². The molecule has 1 heterocycles. The van der Waals surface area contributed by atoms with Gasteiger partial charge in [0.1, 0.15) is 17.4 Å². The van der Waals surface area contributed by atoms with E-state index in [4.69, 9.17) is 9.47 Å². The fourth-order valence-corrected chi connectivity index (χ4v) is 6.16. The van der Waals surface area contributed by atoms with Gasteiger partial charge in [-0.3, -0.25) is 9.59 Å². The van der Waals surface area contributed by atoms with Crippen molar-refractivity contribution in [1.82, 2.24) is 15.5 Å². The second kappa shape index (κ2) is 14.7. The average molecular weight is 548 g/mol. The first-order valence-corrected chi connectivity index (χ1v) is 15.1. The number of nitrogens with one attached hydrogen (secondary N) is 2. The topological polar surface area (TPSA) is 97.0 Å². The molecule has 3 amide bonds. The minimum absolute atomic E-state index is 0.114. The van der Waals surface area contributed by atoms with Crippen molar-refractivity contribution in [3.05, 3.63) is 29.8 Å². The fraction of sp³-hybridized carbons (Fsp3) is 0.690. The average Bonchev–Trinajstić information content (AvgIpc) is 2.91. The van der Waals surface area contributed by atoms with E-state index in [9.17, 15) is 14.4 Å². The van der Waals surface area contributed by atoms with Gasteiger partial charge in [-0.05, 0) is 75.8 Å². The van der Waals surface area contributed by atoms with E-state index in [0.29, 0.717) is 44.1 Å². The Morgan fingerprint density at radius 3 is 2.29 bits per heavy atom. The third kappa shape index (κ3) is 10.0. The molecule has 1 saturated carbocycles. The molecule has 1 aromatic rings. The first kappa shape index (κ1) is 30.1. The normalized spacial score (nSPS) is 17.9. The Labute approximate surface area is 232 Å². The van der Waals surface area contributed by atoms with Gasteiger partial charge in [0.05, 0.1) is 7.11 Å². The van der Waals surface area contributed by atoms with Crippen LogP contribution in [0.5, 0.6) is 5.75 Å². The van der Waals surface area contributed by atoms with Crippen LogP contribution in [-0.2, 0) is 20.9 Å². The highest BCUT2D eigenvalue weighted by Gasteiger charge is 2.32. The third-order valence-corrected chi connectivity index (χ3v) is 8.42. The molecule has 1 aliphatic carbocycles. The van der Waals surface area contributed by atoms with Gasteiger partial charge in [0, 0.05) is 31.3 Å². The highest BCUT2D eigenvalue weighted by atomic mass is 32.2. The number of likely N-dealkylation sites (tertiary alicyclic amines) is 1. The fourth-order valence-electron chi connectivity index (χ4n) is 4.89. The lowest BCUT2D eigenvalue weighted by atomic mass is 9.91. The first-order chi connectivity index (χ1) is 18.1. The summed E-state index contributed by atoms with van der Waals surface area (Å²) in [5, 5.41) is 6.03. The number of carbonyl (C=O) groups is 3. The number of hydrogen-bond acceptors (Lipinski definition) is 6. The number of carbonyl (C=O) groups excluding carboxylic acids is 3. The van der Waals surface area contributed by atoms with Crippen LogP contribution in [0.15, 0.2) is 24.3 Å². The summed E-state index contributed by atoms with van der Waals surface area (Å²) in [6, 6.07) is 6.97.